The van der Waals surface area contributed by atoms with E-state index < -0.39 is 17.4 Å². The molecular weight excluding hydrogens is 416 g/mol. The number of ketones is 1. The maximum atomic E-state index is 11.9. The Morgan fingerprint density at radius 2 is 1.03 bits per heavy atom. The van der Waals surface area contributed by atoms with Gasteiger partial charge in [-0.25, -0.2) is 0 Å². The van der Waals surface area contributed by atoms with Crippen LogP contribution in [0.4, 0.5) is 0 Å². The Bertz CT molecular complexity index is 538. The van der Waals surface area contributed by atoms with E-state index in [2.05, 4.69) is 6.58 Å². The monoisotopic (exact) mass is 466 g/mol. The van der Waals surface area contributed by atoms with E-state index in [1.54, 1.807) is 0 Å². The first-order chi connectivity index (χ1) is 15.8. The lowest BCUT2D eigenvalue weighted by atomic mass is 9.78. The summed E-state index contributed by atoms with van der Waals surface area (Å²) in [4.78, 5) is 35.3. The Kier molecular flexibility index (Phi) is 18.8. The number of carbonyl (C=O) groups is 3. The Labute approximate surface area is 202 Å². The van der Waals surface area contributed by atoms with Crippen LogP contribution in [0.25, 0.3) is 0 Å². The van der Waals surface area contributed by atoms with Crippen LogP contribution in [-0.4, -0.2) is 27.9 Å². The van der Waals surface area contributed by atoms with Crippen molar-refractivity contribution < 1.29 is 24.6 Å². The van der Waals surface area contributed by atoms with E-state index in [9.17, 15) is 24.6 Å². The highest BCUT2D eigenvalue weighted by Crippen LogP contribution is 2.33. The van der Waals surface area contributed by atoms with Crippen molar-refractivity contribution in [3.05, 3.63) is 12.7 Å². The van der Waals surface area contributed by atoms with Gasteiger partial charge < -0.3 is 10.2 Å². The molecule has 5 nitrogen and oxygen atoms in total. The fourth-order valence-electron chi connectivity index (χ4n) is 4.32. The topological polar surface area (TPSA) is 91.7 Å². The Morgan fingerprint density at radius 3 is 1.39 bits per heavy atom. The van der Waals surface area contributed by atoms with Crippen LogP contribution in [0, 0.1) is 11.3 Å². The molecule has 0 rings (SSSR count). The van der Waals surface area contributed by atoms with Gasteiger partial charge in [-0.15, -0.1) is 6.58 Å². The van der Waals surface area contributed by atoms with Gasteiger partial charge in [-0.2, -0.15) is 0 Å². The lowest BCUT2D eigenvalue weighted by molar-refractivity contribution is -0.166. The summed E-state index contributed by atoms with van der Waals surface area (Å²) < 4.78 is 0. The van der Waals surface area contributed by atoms with E-state index in [1.807, 2.05) is 19.9 Å². The van der Waals surface area contributed by atoms with Crippen molar-refractivity contribution in [3.63, 3.8) is 0 Å². The number of aliphatic carboxylic acids is 2. The number of hydrogen-bond donors (Lipinski definition) is 2. The average molecular weight is 467 g/mol. The molecule has 0 unspecified atom stereocenters. The number of Topliss-reactive ketones (excluding diaryl/α,β-unsaturated/α-hetero) is 1. The minimum atomic E-state index is -1.63. The number of carboxylic acid groups (broad SMARTS) is 2. The van der Waals surface area contributed by atoms with Gasteiger partial charge in [0.25, 0.3) is 0 Å². The molecule has 0 aliphatic carbocycles. The predicted molar refractivity (Wildman–Crippen MR) is 135 cm³/mol. The molecule has 0 bridgehead atoms. The van der Waals surface area contributed by atoms with Crippen molar-refractivity contribution in [3.8, 4) is 0 Å². The molecular formula is C28H50O5. The molecule has 0 amide bonds. The van der Waals surface area contributed by atoms with Gasteiger partial charge >= 0.3 is 11.9 Å². The van der Waals surface area contributed by atoms with Gasteiger partial charge in [-0.05, 0) is 32.1 Å². The molecule has 33 heavy (non-hydrogen) atoms. The second-order valence-corrected chi connectivity index (χ2v) is 9.94. The van der Waals surface area contributed by atoms with Crippen LogP contribution < -0.4 is 0 Å². The highest BCUT2D eigenvalue weighted by atomic mass is 16.4. The zero-order valence-corrected chi connectivity index (χ0v) is 21.4. The van der Waals surface area contributed by atoms with Crippen LogP contribution >= 0.6 is 0 Å². The molecule has 0 atom stereocenters. The van der Waals surface area contributed by atoms with Crippen molar-refractivity contribution in [2.24, 2.45) is 11.3 Å². The first-order valence-electron chi connectivity index (χ1n) is 13.4. The summed E-state index contributed by atoms with van der Waals surface area (Å²) in [5.41, 5.74) is -1.63. The molecule has 5 heteroatoms. The molecule has 0 aromatic heterocycles. The smallest absolute Gasteiger partial charge is 0.321 e. The SMILES string of the molecule is C=CCCCCCCCCCC(CCCCCCCCCCC(=O)C(C)C)(C(=O)O)C(=O)O. The normalized spacial score (nSPS) is 11.6. The molecule has 0 aromatic carbocycles. The first kappa shape index (κ1) is 31.4. The van der Waals surface area contributed by atoms with Gasteiger partial charge in [-0.1, -0.05) is 103 Å². The zero-order chi connectivity index (χ0) is 25.0. The van der Waals surface area contributed by atoms with E-state index in [0.717, 1.165) is 70.6 Å². The zero-order valence-electron chi connectivity index (χ0n) is 21.4. The van der Waals surface area contributed by atoms with Crippen molar-refractivity contribution in [1.29, 1.82) is 0 Å². The lowest BCUT2D eigenvalue weighted by Gasteiger charge is -2.25. The largest absolute Gasteiger partial charge is 0.480 e. The van der Waals surface area contributed by atoms with E-state index in [0.29, 0.717) is 25.0 Å². The molecule has 0 radical (unpaired) electrons. The van der Waals surface area contributed by atoms with Gasteiger partial charge in [0.2, 0.25) is 0 Å². The summed E-state index contributed by atoms with van der Waals surface area (Å²) in [5, 5.41) is 19.4. The predicted octanol–water partition coefficient (Wildman–Crippen LogP) is 7.97. The fourth-order valence-corrected chi connectivity index (χ4v) is 4.32. The quantitative estimate of drug-likeness (QED) is 0.0855. The van der Waals surface area contributed by atoms with Crippen LogP contribution in [-0.2, 0) is 14.4 Å². The highest BCUT2D eigenvalue weighted by Gasteiger charge is 2.45. The standard InChI is InChI=1S/C28H50O5/c1-4-5-6-7-8-10-13-16-19-22-28(26(30)31,27(32)33)23-20-17-14-11-9-12-15-18-21-25(29)24(2)3/h4,24H,1,5-23H2,2-3H3,(H,30,31)(H,32,33). The third-order valence-corrected chi connectivity index (χ3v) is 6.75. The minimum Gasteiger partial charge on any atom is -0.480 e. The summed E-state index contributed by atoms with van der Waals surface area (Å²) in [7, 11) is 0. The van der Waals surface area contributed by atoms with Gasteiger partial charge in [0, 0.05) is 12.3 Å². The van der Waals surface area contributed by atoms with Crippen LogP contribution in [0.5, 0.6) is 0 Å². The summed E-state index contributed by atoms with van der Waals surface area (Å²) in [5.74, 6) is -1.90. The molecule has 192 valence electrons. The van der Waals surface area contributed by atoms with Crippen LogP contribution in [0.2, 0.25) is 0 Å². The second-order valence-electron chi connectivity index (χ2n) is 9.94. The number of carboxylic acids is 2. The number of unbranched alkanes of at least 4 members (excludes halogenated alkanes) is 14. The highest BCUT2D eigenvalue weighted by molar-refractivity contribution is 5.98. The van der Waals surface area contributed by atoms with Crippen molar-refractivity contribution in [2.45, 2.75) is 136 Å². The third-order valence-electron chi connectivity index (χ3n) is 6.75. The fraction of sp³-hybridized carbons (Fsp3) is 0.821. The van der Waals surface area contributed by atoms with Gasteiger partial charge in [-0.3, -0.25) is 14.4 Å². The summed E-state index contributed by atoms with van der Waals surface area (Å²) in [6.07, 6.45) is 19.3. The summed E-state index contributed by atoms with van der Waals surface area (Å²) in [6.45, 7) is 7.61. The molecule has 2 N–H and O–H groups in total. The van der Waals surface area contributed by atoms with E-state index in [4.69, 9.17) is 0 Å². The average Bonchev–Trinajstić information content (AvgIpc) is 2.76. The third kappa shape index (κ3) is 15.0. The second kappa shape index (κ2) is 19.8. The van der Waals surface area contributed by atoms with Gasteiger partial charge in [0.05, 0.1) is 0 Å². The Balaban J connectivity index is 4.04. The Morgan fingerprint density at radius 1 is 0.667 bits per heavy atom. The summed E-state index contributed by atoms with van der Waals surface area (Å²) in [6, 6.07) is 0. The van der Waals surface area contributed by atoms with Crippen molar-refractivity contribution >= 4 is 17.7 Å². The number of allylic oxidation sites excluding steroid dienone is 1. The minimum absolute atomic E-state index is 0.131. The number of rotatable bonds is 24. The van der Waals surface area contributed by atoms with Crippen LogP contribution in [0.3, 0.4) is 0 Å². The lowest BCUT2D eigenvalue weighted by Crippen LogP contribution is -2.39. The van der Waals surface area contributed by atoms with Crippen LogP contribution in [0.1, 0.15) is 136 Å². The number of carbonyl (C=O) groups excluding carboxylic acids is 1. The van der Waals surface area contributed by atoms with E-state index in [-0.39, 0.29) is 18.8 Å². The maximum Gasteiger partial charge on any atom is 0.321 e. The molecule has 0 aliphatic rings. The molecule has 0 saturated carbocycles. The van der Waals surface area contributed by atoms with Crippen LogP contribution in [0.15, 0.2) is 12.7 Å². The molecule has 0 spiro atoms. The molecule has 0 aliphatic heterocycles. The van der Waals surface area contributed by atoms with Crippen molar-refractivity contribution in [2.75, 3.05) is 0 Å². The molecule has 0 heterocycles. The Hall–Kier alpha value is -1.65. The van der Waals surface area contributed by atoms with Gasteiger partial charge in [0.1, 0.15) is 5.78 Å². The summed E-state index contributed by atoms with van der Waals surface area (Å²) >= 11 is 0. The maximum absolute atomic E-state index is 11.9. The molecule has 0 saturated heterocycles. The van der Waals surface area contributed by atoms with E-state index >= 15 is 0 Å². The molecule has 0 fully saturated rings. The number of hydrogen-bond acceptors (Lipinski definition) is 3. The first-order valence-corrected chi connectivity index (χ1v) is 13.4. The van der Waals surface area contributed by atoms with Gasteiger partial charge in [0.15, 0.2) is 5.41 Å². The van der Waals surface area contributed by atoms with E-state index in [1.165, 1.54) is 19.3 Å². The van der Waals surface area contributed by atoms with Crippen molar-refractivity contribution in [1.82, 2.24) is 0 Å². The molecule has 0 aromatic rings.